The van der Waals surface area contributed by atoms with E-state index in [2.05, 4.69) is 41.5 Å². The van der Waals surface area contributed by atoms with Crippen molar-refractivity contribution in [3.05, 3.63) is 84.2 Å². The topological polar surface area (TPSA) is 248 Å². The molecule has 6 unspecified atom stereocenters. The Balaban J connectivity index is 1.53. The summed E-state index contributed by atoms with van der Waals surface area (Å²) in [5, 5.41) is 45.2. The second-order valence-corrected chi connectivity index (χ2v) is 16.4. The Kier molecular flexibility index (Phi) is 19.1. The summed E-state index contributed by atoms with van der Waals surface area (Å²) in [6, 6.07) is 8.79. The number of aromatic amines is 1. The van der Waals surface area contributed by atoms with E-state index in [9.17, 15) is 39.3 Å². The van der Waals surface area contributed by atoms with Crippen molar-refractivity contribution in [1.29, 1.82) is 0 Å². The molecule has 0 saturated heterocycles. The lowest BCUT2D eigenvalue weighted by atomic mass is 9.83. The maximum Gasteiger partial charge on any atom is 0.243 e. The van der Waals surface area contributed by atoms with Crippen molar-refractivity contribution in [2.75, 3.05) is 13.2 Å². The molecule has 328 valence electrons. The summed E-state index contributed by atoms with van der Waals surface area (Å²) in [6.45, 7) is 4.09. The first-order valence-corrected chi connectivity index (χ1v) is 21.1. The first-order valence-electron chi connectivity index (χ1n) is 21.1. The molecule has 3 aromatic rings. The van der Waals surface area contributed by atoms with Crippen molar-refractivity contribution >= 4 is 29.5 Å². The summed E-state index contributed by atoms with van der Waals surface area (Å²) in [7, 11) is 0. The second kappa shape index (κ2) is 24.2. The zero-order valence-electron chi connectivity index (χ0n) is 35.1. The number of imidazole rings is 1. The Bertz CT molecular complexity index is 1770. The zero-order valence-corrected chi connectivity index (χ0v) is 35.1. The minimum absolute atomic E-state index is 0.0175. The van der Waals surface area contributed by atoms with Crippen LogP contribution in [0.15, 0.2) is 67.4 Å². The molecular formula is C44H64N8O8. The molecule has 6 atom stereocenters. The van der Waals surface area contributed by atoms with Crippen molar-refractivity contribution in [1.82, 2.24) is 41.5 Å². The SMILES string of the molecule is CCC(C)C(NC(=O)CC(O)C(CC1CCCCC1)NC(=O)C(Cc1cnc[nH]1)NC(=O)C(Cc1ccccc1)NC(=O)CCc1cccnc1)C(=O)NC(C)(CO)CO. The van der Waals surface area contributed by atoms with Gasteiger partial charge in [-0.1, -0.05) is 88.8 Å². The molecule has 2 aromatic heterocycles. The first kappa shape index (κ1) is 47.5. The molecule has 1 aliphatic rings. The van der Waals surface area contributed by atoms with Gasteiger partial charge in [-0.15, -0.1) is 0 Å². The van der Waals surface area contributed by atoms with Crippen LogP contribution < -0.4 is 26.6 Å². The van der Waals surface area contributed by atoms with E-state index in [4.69, 9.17) is 0 Å². The Hall–Kier alpha value is -5.19. The highest BCUT2D eigenvalue weighted by Crippen LogP contribution is 2.28. The zero-order chi connectivity index (χ0) is 43.5. The number of nitrogens with one attached hydrogen (secondary N) is 6. The number of benzene rings is 1. The average Bonchev–Trinajstić information content (AvgIpc) is 3.78. The molecule has 4 rings (SSSR count). The molecule has 0 bridgehead atoms. The highest BCUT2D eigenvalue weighted by Gasteiger charge is 2.35. The Morgan fingerprint density at radius 1 is 0.817 bits per heavy atom. The third kappa shape index (κ3) is 15.4. The molecule has 5 amide bonds. The Morgan fingerprint density at radius 2 is 1.50 bits per heavy atom. The fraction of sp³-hybridized carbons (Fsp3) is 0.568. The van der Waals surface area contributed by atoms with Gasteiger partial charge in [0.2, 0.25) is 29.5 Å². The number of nitrogens with zero attached hydrogens (tertiary/aromatic N) is 2. The van der Waals surface area contributed by atoms with Gasteiger partial charge in [0.15, 0.2) is 0 Å². The van der Waals surface area contributed by atoms with Gasteiger partial charge < -0.3 is 46.9 Å². The summed E-state index contributed by atoms with van der Waals surface area (Å²) >= 11 is 0. The van der Waals surface area contributed by atoms with Crippen LogP contribution in [0.1, 0.15) is 95.4 Å². The maximum atomic E-state index is 14.3. The predicted molar refractivity (Wildman–Crippen MR) is 225 cm³/mol. The summed E-state index contributed by atoms with van der Waals surface area (Å²) in [5.41, 5.74) is 0.933. The largest absolute Gasteiger partial charge is 0.394 e. The van der Waals surface area contributed by atoms with E-state index in [1.807, 2.05) is 43.3 Å². The lowest BCUT2D eigenvalue weighted by molar-refractivity contribution is -0.134. The van der Waals surface area contributed by atoms with Crippen LogP contribution in [0.5, 0.6) is 0 Å². The maximum absolute atomic E-state index is 14.3. The van der Waals surface area contributed by atoms with E-state index < -0.39 is 79.1 Å². The molecule has 0 spiro atoms. The summed E-state index contributed by atoms with van der Waals surface area (Å²) in [5.74, 6) is -2.87. The van der Waals surface area contributed by atoms with Gasteiger partial charge in [-0.25, -0.2) is 4.98 Å². The van der Waals surface area contributed by atoms with Gasteiger partial charge in [-0.05, 0) is 48.8 Å². The number of rotatable bonds is 24. The number of aliphatic hydroxyl groups excluding tert-OH is 3. The predicted octanol–water partition coefficient (Wildman–Crippen LogP) is 1.79. The minimum Gasteiger partial charge on any atom is -0.394 e. The van der Waals surface area contributed by atoms with Crippen LogP contribution in [0.25, 0.3) is 0 Å². The normalized spacial score (nSPS) is 16.3. The lowest BCUT2D eigenvalue weighted by Crippen LogP contribution is -2.59. The molecule has 2 heterocycles. The van der Waals surface area contributed by atoms with Crippen molar-refractivity contribution < 1.29 is 39.3 Å². The third-order valence-electron chi connectivity index (χ3n) is 11.3. The van der Waals surface area contributed by atoms with Crippen LogP contribution in [-0.4, -0.2) is 109 Å². The van der Waals surface area contributed by atoms with Crippen LogP contribution in [0.4, 0.5) is 0 Å². The quantitative estimate of drug-likeness (QED) is 0.0634. The number of pyridine rings is 1. The van der Waals surface area contributed by atoms with Gasteiger partial charge in [0.25, 0.3) is 0 Å². The van der Waals surface area contributed by atoms with Gasteiger partial charge in [-0.3, -0.25) is 29.0 Å². The fourth-order valence-corrected chi connectivity index (χ4v) is 7.38. The standard InChI is InChI=1S/C44H64N8O8/c1-4-29(2)40(43(60)52-44(3,26-53)27-54)51-39(57)23-37(55)34(20-30-12-7-5-8-13-30)49-42(59)36(22-33-25-46-28-47-33)50-41(58)35(21-31-14-9-6-10-15-31)48-38(56)18-17-32-16-11-19-45-24-32/h6,9-11,14-16,19,24-25,28-30,34-37,40,53-55H,4-5,7-8,12-13,17-18,20-23,26-27H2,1-3H3,(H,46,47)(H,48,56)(H,49,59)(H,50,58)(H,51,57)(H,52,60). The van der Waals surface area contributed by atoms with Crippen LogP contribution in [-0.2, 0) is 43.2 Å². The number of aliphatic hydroxyl groups is 3. The van der Waals surface area contributed by atoms with Gasteiger partial charge in [0.05, 0.1) is 43.6 Å². The molecule has 1 aromatic carbocycles. The highest BCUT2D eigenvalue weighted by atomic mass is 16.3. The summed E-state index contributed by atoms with van der Waals surface area (Å²) < 4.78 is 0. The molecule has 1 saturated carbocycles. The number of carbonyl (C=O) groups excluding carboxylic acids is 5. The van der Waals surface area contributed by atoms with Gasteiger partial charge in [0.1, 0.15) is 18.1 Å². The van der Waals surface area contributed by atoms with E-state index in [0.29, 0.717) is 25.0 Å². The van der Waals surface area contributed by atoms with E-state index in [0.717, 1.165) is 43.2 Å². The van der Waals surface area contributed by atoms with Gasteiger partial charge in [0, 0.05) is 43.5 Å². The third-order valence-corrected chi connectivity index (χ3v) is 11.3. The van der Waals surface area contributed by atoms with Crippen molar-refractivity contribution in [3.63, 3.8) is 0 Å². The molecule has 16 heteroatoms. The first-order chi connectivity index (χ1) is 28.8. The number of hydrogen-bond acceptors (Lipinski definition) is 10. The lowest BCUT2D eigenvalue weighted by Gasteiger charge is -2.33. The summed E-state index contributed by atoms with van der Waals surface area (Å²) in [4.78, 5) is 79.7. The van der Waals surface area contributed by atoms with Crippen LogP contribution in [0, 0.1) is 11.8 Å². The molecule has 16 nitrogen and oxygen atoms in total. The average molecular weight is 833 g/mol. The van der Waals surface area contributed by atoms with E-state index in [1.165, 1.54) is 13.3 Å². The number of H-pyrrole nitrogens is 1. The number of carbonyl (C=O) groups is 5. The Labute approximate surface area is 352 Å². The number of hydrogen-bond donors (Lipinski definition) is 9. The molecule has 60 heavy (non-hydrogen) atoms. The summed E-state index contributed by atoms with van der Waals surface area (Å²) in [6.07, 6.45) is 11.1. The van der Waals surface area contributed by atoms with Crippen LogP contribution >= 0.6 is 0 Å². The number of aromatic nitrogens is 3. The number of aryl methyl sites for hydroxylation is 1. The van der Waals surface area contributed by atoms with Gasteiger partial charge in [-0.2, -0.15) is 0 Å². The van der Waals surface area contributed by atoms with Crippen molar-refractivity contribution in [3.8, 4) is 0 Å². The molecule has 0 aliphatic heterocycles. The fourth-order valence-electron chi connectivity index (χ4n) is 7.38. The Morgan fingerprint density at radius 3 is 2.13 bits per heavy atom. The van der Waals surface area contributed by atoms with E-state index in [1.54, 1.807) is 31.6 Å². The van der Waals surface area contributed by atoms with E-state index in [-0.39, 0.29) is 37.0 Å². The van der Waals surface area contributed by atoms with Crippen molar-refractivity contribution in [2.45, 2.75) is 134 Å². The number of amides is 5. The van der Waals surface area contributed by atoms with Crippen LogP contribution in [0.2, 0.25) is 0 Å². The minimum atomic E-state index is -1.36. The van der Waals surface area contributed by atoms with Gasteiger partial charge >= 0.3 is 0 Å². The molecular weight excluding hydrogens is 769 g/mol. The molecule has 1 fully saturated rings. The smallest absolute Gasteiger partial charge is 0.243 e. The van der Waals surface area contributed by atoms with E-state index >= 15 is 0 Å². The second-order valence-electron chi connectivity index (χ2n) is 16.4. The monoisotopic (exact) mass is 832 g/mol. The molecule has 0 radical (unpaired) electrons. The van der Waals surface area contributed by atoms with Crippen LogP contribution in [0.3, 0.4) is 0 Å². The molecule has 9 N–H and O–H groups in total. The molecule has 1 aliphatic carbocycles. The highest BCUT2D eigenvalue weighted by molar-refractivity contribution is 5.93. The van der Waals surface area contributed by atoms with Crippen molar-refractivity contribution in [2.24, 2.45) is 11.8 Å².